The highest BCUT2D eigenvalue weighted by Crippen LogP contribution is 2.32. The number of likely N-dealkylation sites (N-methyl/N-ethyl adjacent to an activating group) is 1. The zero-order chi connectivity index (χ0) is 23.3. The van der Waals surface area contributed by atoms with Crippen molar-refractivity contribution in [3.63, 3.8) is 0 Å². The summed E-state index contributed by atoms with van der Waals surface area (Å²) in [5.41, 5.74) is 3.12. The number of aryl methyl sites for hydroxylation is 1. The van der Waals surface area contributed by atoms with Crippen molar-refractivity contribution in [1.29, 1.82) is 0 Å². The molecule has 0 radical (unpaired) electrons. The standard InChI is InChI=1S/C25H33N7OS/c1-18-14-27-24(33-20-6-4-3-5-7-20)30-23(18)21-16-28-25(34-21)29-22-9-8-19(15-26-22)17-32-12-10-31(2)11-13-32/h8-9,14-16,20H,3-7,10-13,17H2,1-2H3,(H,26,28,29). The second-order valence-electron chi connectivity index (χ2n) is 9.35. The Balaban J connectivity index is 1.21. The molecule has 1 aliphatic heterocycles. The van der Waals surface area contributed by atoms with Gasteiger partial charge in [0.05, 0.1) is 10.6 Å². The van der Waals surface area contributed by atoms with E-state index in [-0.39, 0.29) is 6.10 Å². The molecule has 1 N–H and O–H groups in total. The zero-order valence-electron chi connectivity index (χ0n) is 20.0. The second-order valence-corrected chi connectivity index (χ2v) is 10.4. The molecule has 1 saturated carbocycles. The summed E-state index contributed by atoms with van der Waals surface area (Å²) >= 11 is 1.56. The van der Waals surface area contributed by atoms with Crippen LogP contribution in [0.4, 0.5) is 10.9 Å². The lowest BCUT2D eigenvalue weighted by atomic mass is 9.98. The van der Waals surface area contributed by atoms with Gasteiger partial charge in [0.2, 0.25) is 0 Å². The summed E-state index contributed by atoms with van der Waals surface area (Å²) in [6.07, 6.45) is 11.8. The van der Waals surface area contributed by atoms with E-state index in [1.165, 1.54) is 24.8 Å². The molecule has 0 amide bonds. The summed E-state index contributed by atoms with van der Waals surface area (Å²) in [5.74, 6) is 0.795. The highest BCUT2D eigenvalue weighted by molar-refractivity contribution is 7.18. The summed E-state index contributed by atoms with van der Waals surface area (Å²) in [7, 11) is 2.18. The van der Waals surface area contributed by atoms with Gasteiger partial charge in [-0.25, -0.2) is 15.0 Å². The number of piperazine rings is 1. The lowest BCUT2D eigenvalue weighted by molar-refractivity contribution is 0.142. The van der Waals surface area contributed by atoms with Gasteiger partial charge in [-0.05, 0) is 56.8 Å². The molecule has 0 aromatic carbocycles. The Hall–Kier alpha value is -2.62. The van der Waals surface area contributed by atoms with Crippen molar-refractivity contribution in [2.75, 3.05) is 38.5 Å². The van der Waals surface area contributed by atoms with Crippen LogP contribution in [-0.4, -0.2) is 69.1 Å². The van der Waals surface area contributed by atoms with Crippen LogP contribution in [-0.2, 0) is 6.54 Å². The van der Waals surface area contributed by atoms with Crippen molar-refractivity contribution in [3.05, 3.63) is 41.9 Å². The van der Waals surface area contributed by atoms with Crippen molar-refractivity contribution in [2.24, 2.45) is 0 Å². The summed E-state index contributed by atoms with van der Waals surface area (Å²) < 4.78 is 6.08. The number of hydrogen-bond donors (Lipinski definition) is 1. The number of ether oxygens (including phenoxy) is 1. The quantitative estimate of drug-likeness (QED) is 0.530. The molecule has 1 aliphatic carbocycles. The lowest BCUT2D eigenvalue weighted by Gasteiger charge is -2.32. The van der Waals surface area contributed by atoms with Crippen LogP contribution in [0.1, 0.15) is 43.2 Å². The van der Waals surface area contributed by atoms with Crippen molar-refractivity contribution < 1.29 is 4.74 Å². The smallest absolute Gasteiger partial charge is 0.317 e. The van der Waals surface area contributed by atoms with Crippen LogP contribution in [0.3, 0.4) is 0 Å². The molecular formula is C25H33N7OS. The van der Waals surface area contributed by atoms with E-state index in [1.807, 2.05) is 31.6 Å². The Morgan fingerprint density at radius 1 is 1.00 bits per heavy atom. The van der Waals surface area contributed by atoms with Crippen molar-refractivity contribution >= 4 is 22.3 Å². The van der Waals surface area contributed by atoms with E-state index in [0.717, 1.165) is 72.6 Å². The maximum Gasteiger partial charge on any atom is 0.317 e. The van der Waals surface area contributed by atoms with Crippen LogP contribution in [0.15, 0.2) is 30.7 Å². The van der Waals surface area contributed by atoms with Gasteiger partial charge in [-0.1, -0.05) is 23.8 Å². The van der Waals surface area contributed by atoms with Crippen molar-refractivity contribution in [3.8, 4) is 16.6 Å². The largest absolute Gasteiger partial charge is 0.460 e. The molecule has 2 fully saturated rings. The van der Waals surface area contributed by atoms with E-state index in [4.69, 9.17) is 9.72 Å². The average molecular weight is 480 g/mol. The number of rotatable bonds is 7. The Bertz CT molecular complexity index is 1070. The molecule has 2 aliphatic rings. The fourth-order valence-electron chi connectivity index (χ4n) is 4.47. The first kappa shape index (κ1) is 23.1. The third-order valence-electron chi connectivity index (χ3n) is 6.57. The van der Waals surface area contributed by atoms with Crippen LogP contribution in [0.5, 0.6) is 6.01 Å². The summed E-state index contributed by atoms with van der Waals surface area (Å²) in [6, 6.07) is 4.64. The predicted octanol–water partition coefficient (Wildman–Crippen LogP) is 4.51. The maximum absolute atomic E-state index is 6.08. The number of nitrogens with one attached hydrogen (secondary N) is 1. The Labute approximate surface area is 205 Å². The third-order valence-corrected chi connectivity index (χ3v) is 7.49. The molecular weight excluding hydrogens is 446 g/mol. The third kappa shape index (κ3) is 5.89. The minimum Gasteiger partial charge on any atom is -0.460 e. The highest BCUT2D eigenvalue weighted by atomic mass is 32.1. The maximum atomic E-state index is 6.08. The molecule has 9 heteroatoms. The van der Waals surface area contributed by atoms with Crippen LogP contribution in [0.2, 0.25) is 0 Å². The summed E-state index contributed by atoms with van der Waals surface area (Å²) in [5, 5.41) is 4.13. The molecule has 0 bridgehead atoms. The first-order valence-corrected chi connectivity index (χ1v) is 13.0. The number of pyridine rings is 1. The van der Waals surface area contributed by atoms with Gasteiger partial charge in [0.25, 0.3) is 0 Å². The minimum atomic E-state index is 0.230. The molecule has 0 unspecified atom stereocenters. The van der Waals surface area contributed by atoms with Crippen molar-refractivity contribution in [1.82, 2.24) is 29.7 Å². The van der Waals surface area contributed by atoms with E-state index in [0.29, 0.717) is 6.01 Å². The van der Waals surface area contributed by atoms with Crippen LogP contribution < -0.4 is 10.1 Å². The molecule has 5 rings (SSSR count). The van der Waals surface area contributed by atoms with E-state index in [9.17, 15) is 0 Å². The Morgan fingerprint density at radius 2 is 1.82 bits per heavy atom. The fourth-order valence-corrected chi connectivity index (χ4v) is 5.35. The van der Waals surface area contributed by atoms with Crippen LogP contribution in [0.25, 0.3) is 10.6 Å². The number of nitrogens with zero attached hydrogens (tertiary/aromatic N) is 6. The number of anilines is 2. The summed E-state index contributed by atoms with van der Waals surface area (Å²) in [6.45, 7) is 7.43. The molecule has 34 heavy (non-hydrogen) atoms. The van der Waals surface area contributed by atoms with E-state index < -0.39 is 0 Å². The SMILES string of the molecule is Cc1cnc(OC2CCCCC2)nc1-c1cnc(Nc2ccc(CN3CCN(C)CC3)cn2)s1. The number of thiazole rings is 1. The van der Waals surface area contributed by atoms with Gasteiger partial charge in [-0.2, -0.15) is 4.98 Å². The van der Waals surface area contributed by atoms with Gasteiger partial charge >= 0.3 is 6.01 Å². The molecule has 3 aromatic rings. The molecule has 0 spiro atoms. The van der Waals surface area contributed by atoms with Crippen molar-refractivity contribution in [2.45, 2.75) is 51.7 Å². The fraction of sp³-hybridized carbons (Fsp3) is 0.520. The molecule has 3 aromatic heterocycles. The zero-order valence-corrected chi connectivity index (χ0v) is 20.9. The van der Waals surface area contributed by atoms with Gasteiger partial charge in [0.15, 0.2) is 5.13 Å². The number of hydrogen-bond acceptors (Lipinski definition) is 9. The first-order chi connectivity index (χ1) is 16.6. The van der Waals surface area contributed by atoms with Crippen LogP contribution in [0, 0.1) is 6.92 Å². The van der Waals surface area contributed by atoms with E-state index >= 15 is 0 Å². The van der Waals surface area contributed by atoms with Crippen LogP contribution >= 0.6 is 11.3 Å². The number of aromatic nitrogens is 4. The topological polar surface area (TPSA) is 79.3 Å². The monoisotopic (exact) mass is 479 g/mol. The van der Waals surface area contributed by atoms with Gasteiger partial charge < -0.3 is 15.0 Å². The van der Waals surface area contributed by atoms with Gasteiger partial charge in [0, 0.05) is 51.3 Å². The van der Waals surface area contributed by atoms with E-state index in [2.05, 4.69) is 43.2 Å². The van der Waals surface area contributed by atoms with Gasteiger partial charge in [0.1, 0.15) is 11.9 Å². The lowest BCUT2D eigenvalue weighted by Crippen LogP contribution is -2.43. The molecule has 180 valence electrons. The molecule has 4 heterocycles. The molecule has 1 saturated heterocycles. The predicted molar refractivity (Wildman–Crippen MR) is 136 cm³/mol. The van der Waals surface area contributed by atoms with E-state index in [1.54, 1.807) is 11.3 Å². The molecule has 0 atom stereocenters. The second kappa shape index (κ2) is 10.8. The van der Waals surface area contributed by atoms with Gasteiger partial charge in [-0.15, -0.1) is 0 Å². The minimum absolute atomic E-state index is 0.230. The molecule has 8 nitrogen and oxygen atoms in total. The Kier molecular flexibility index (Phi) is 7.32. The highest BCUT2D eigenvalue weighted by Gasteiger charge is 2.18. The normalized spacial score (nSPS) is 18.2. The van der Waals surface area contributed by atoms with Gasteiger partial charge in [-0.3, -0.25) is 4.90 Å². The summed E-state index contributed by atoms with van der Waals surface area (Å²) in [4.78, 5) is 24.1. The first-order valence-electron chi connectivity index (χ1n) is 12.2. The average Bonchev–Trinajstić information content (AvgIpc) is 3.32. The Morgan fingerprint density at radius 3 is 2.59 bits per heavy atom.